The first kappa shape index (κ1) is 15.3. The number of carboxylic acid groups (broad SMARTS) is 1. The summed E-state index contributed by atoms with van der Waals surface area (Å²) in [4.78, 5) is 24.7. The molecule has 2 fully saturated rings. The molecule has 0 aromatic carbocycles. The summed E-state index contributed by atoms with van der Waals surface area (Å²) in [7, 11) is 0. The number of carboxylic acids is 1. The van der Waals surface area contributed by atoms with Crippen LogP contribution in [0.15, 0.2) is 21.5 Å². The summed E-state index contributed by atoms with van der Waals surface area (Å²) in [6, 6.07) is 3.80. The Morgan fingerprint density at radius 3 is 2.95 bits per heavy atom. The maximum absolute atomic E-state index is 12.3. The molecule has 22 heavy (non-hydrogen) atoms. The summed E-state index contributed by atoms with van der Waals surface area (Å²) < 4.78 is 6.15. The highest BCUT2D eigenvalue weighted by Crippen LogP contribution is 2.47. The van der Waals surface area contributed by atoms with E-state index >= 15 is 0 Å². The van der Waals surface area contributed by atoms with Crippen molar-refractivity contribution in [1.29, 1.82) is 0 Å². The van der Waals surface area contributed by atoms with Gasteiger partial charge in [-0.05, 0) is 24.5 Å². The number of aliphatic carboxylic acids is 1. The van der Waals surface area contributed by atoms with Gasteiger partial charge in [0.2, 0.25) is 0 Å². The van der Waals surface area contributed by atoms with Crippen molar-refractivity contribution in [3.63, 3.8) is 0 Å². The molecule has 2 atom stereocenters. The van der Waals surface area contributed by atoms with Gasteiger partial charge in [-0.15, -0.1) is 0 Å². The number of furan rings is 1. The minimum absolute atomic E-state index is 0.0976. The number of hydrogen-bond donors (Lipinski definition) is 1. The molecule has 0 bridgehead atoms. The second kappa shape index (κ2) is 5.89. The Kier molecular flexibility index (Phi) is 4.10. The largest absolute Gasteiger partial charge is 0.481 e. The molecule has 5 nitrogen and oxygen atoms in total. The molecule has 2 unspecified atom stereocenters. The summed E-state index contributed by atoms with van der Waals surface area (Å²) in [5.41, 5.74) is 0. The topological polar surface area (TPSA) is 70.8 Å². The van der Waals surface area contributed by atoms with Crippen molar-refractivity contribution in [2.75, 3.05) is 6.54 Å². The van der Waals surface area contributed by atoms with Crippen molar-refractivity contribution in [2.45, 2.75) is 25.7 Å². The lowest BCUT2D eigenvalue weighted by atomic mass is 10.3. The van der Waals surface area contributed by atoms with E-state index in [2.05, 4.69) is 6.92 Å². The van der Waals surface area contributed by atoms with Gasteiger partial charge in [0.15, 0.2) is 0 Å². The molecule has 116 valence electrons. The summed E-state index contributed by atoms with van der Waals surface area (Å²) in [6.45, 7) is 2.28. The molecule has 1 saturated heterocycles. The number of rotatable bonds is 5. The first-order valence-corrected chi connectivity index (χ1v) is 8.25. The fourth-order valence-corrected chi connectivity index (χ4v) is 3.68. The fourth-order valence-electron chi connectivity index (χ4n) is 2.39. The summed E-state index contributed by atoms with van der Waals surface area (Å²) in [5, 5.41) is 8.71. The second-order valence-corrected chi connectivity index (χ2v) is 7.21. The Morgan fingerprint density at radius 2 is 2.32 bits per heavy atom. The van der Waals surface area contributed by atoms with Gasteiger partial charge in [0, 0.05) is 18.5 Å². The maximum atomic E-state index is 12.3. The van der Waals surface area contributed by atoms with Crippen molar-refractivity contribution in [3.05, 3.63) is 28.6 Å². The third-order valence-corrected chi connectivity index (χ3v) is 5.20. The van der Waals surface area contributed by atoms with E-state index in [0.717, 1.165) is 12.2 Å². The van der Waals surface area contributed by atoms with Crippen molar-refractivity contribution < 1.29 is 19.1 Å². The van der Waals surface area contributed by atoms with Gasteiger partial charge in [-0.2, -0.15) is 0 Å². The number of amides is 1. The van der Waals surface area contributed by atoms with E-state index in [9.17, 15) is 9.59 Å². The maximum Gasteiger partial charge on any atom is 0.305 e. The van der Waals surface area contributed by atoms with Gasteiger partial charge in [-0.25, -0.2) is 0 Å². The molecule has 1 aliphatic carbocycles. The van der Waals surface area contributed by atoms with Crippen LogP contribution in [0.3, 0.4) is 0 Å². The number of thiocarbonyl (C=S) groups is 1. The Bertz CT molecular complexity index is 679. The zero-order valence-corrected chi connectivity index (χ0v) is 13.6. The van der Waals surface area contributed by atoms with Crippen molar-refractivity contribution in [2.24, 2.45) is 5.92 Å². The third-order valence-electron chi connectivity index (χ3n) is 3.82. The minimum Gasteiger partial charge on any atom is -0.481 e. The number of thioether (sulfide) groups is 1. The van der Waals surface area contributed by atoms with Gasteiger partial charge in [0.05, 0.1) is 11.3 Å². The smallest absolute Gasteiger partial charge is 0.305 e. The molecule has 7 heteroatoms. The molecule has 2 heterocycles. The molecule has 3 rings (SSSR count). The SMILES string of the molecule is CC1CC1c1ccc(/C=C2\SC(=S)N(CCC(=O)O)C2=O)o1. The average Bonchev–Trinajstić information content (AvgIpc) is 2.90. The Labute approximate surface area is 137 Å². The lowest BCUT2D eigenvalue weighted by molar-refractivity contribution is -0.137. The van der Waals surface area contributed by atoms with E-state index < -0.39 is 5.97 Å². The van der Waals surface area contributed by atoms with E-state index in [1.165, 1.54) is 16.7 Å². The number of carbonyl (C=O) groups is 2. The highest BCUT2D eigenvalue weighted by Gasteiger charge is 2.37. The fraction of sp³-hybridized carbons (Fsp3) is 0.400. The number of nitrogens with zero attached hydrogens (tertiary/aromatic N) is 1. The van der Waals surface area contributed by atoms with Crippen molar-refractivity contribution in [3.8, 4) is 0 Å². The molecule has 1 aromatic rings. The van der Waals surface area contributed by atoms with Crippen LogP contribution in [0, 0.1) is 5.92 Å². The normalized spacial score (nSPS) is 26.0. The molecular formula is C15H15NO4S2. The summed E-state index contributed by atoms with van der Waals surface area (Å²) in [5.74, 6) is 1.54. The minimum atomic E-state index is -0.952. The third kappa shape index (κ3) is 3.10. The Morgan fingerprint density at radius 1 is 1.59 bits per heavy atom. The van der Waals surface area contributed by atoms with Gasteiger partial charge >= 0.3 is 5.97 Å². The van der Waals surface area contributed by atoms with Crippen LogP contribution in [0.2, 0.25) is 0 Å². The number of hydrogen-bond acceptors (Lipinski definition) is 5. The van der Waals surface area contributed by atoms with E-state index in [1.807, 2.05) is 12.1 Å². The van der Waals surface area contributed by atoms with Gasteiger partial charge in [-0.3, -0.25) is 14.5 Å². The standard InChI is InChI=1S/C15H15NO4S2/c1-8-6-10(8)11-3-2-9(20-11)7-12-14(19)16(15(21)22-12)5-4-13(17)18/h2-3,7-8,10H,4-6H2,1H3,(H,17,18)/b12-7-. The Balaban J connectivity index is 1.71. The average molecular weight is 337 g/mol. The molecular weight excluding hydrogens is 322 g/mol. The van der Waals surface area contributed by atoms with Crippen LogP contribution < -0.4 is 0 Å². The van der Waals surface area contributed by atoms with Gasteiger partial charge in [0.1, 0.15) is 15.8 Å². The first-order valence-electron chi connectivity index (χ1n) is 7.02. The zero-order chi connectivity index (χ0) is 15.9. The molecule has 1 aliphatic heterocycles. The van der Waals surface area contributed by atoms with Gasteiger partial charge in [-0.1, -0.05) is 30.9 Å². The predicted molar refractivity (Wildman–Crippen MR) is 87.4 cm³/mol. The predicted octanol–water partition coefficient (Wildman–Crippen LogP) is 3.08. The van der Waals surface area contributed by atoms with E-state index in [4.69, 9.17) is 21.7 Å². The zero-order valence-electron chi connectivity index (χ0n) is 11.9. The lowest BCUT2D eigenvalue weighted by Crippen LogP contribution is -2.30. The van der Waals surface area contributed by atoms with Crippen LogP contribution in [-0.2, 0) is 9.59 Å². The molecule has 1 aromatic heterocycles. The van der Waals surface area contributed by atoms with Crippen molar-refractivity contribution in [1.82, 2.24) is 4.90 Å². The summed E-state index contributed by atoms with van der Waals surface area (Å²) >= 11 is 6.32. The van der Waals surface area contributed by atoms with Gasteiger partial charge in [0.25, 0.3) is 5.91 Å². The highest BCUT2D eigenvalue weighted by molar-refractivity contribution is 8.26. The molecule has 0 spiro atoms. The molecule has 1 saturated carbocycles. The second-order valence-electron chi connectivity index (χ2n) is 5.54. The molecule has 2 aliphatic rings. The molecule has 1 amide bonds. The monoisotopic (exact) mass is 337 g/mol. The van der Waals surface area contributed by atoms with Gasteiger partial charge < -0.3 is 9.52 Å². The van der Waals surface area contributed by atoms with Crippen LogP contribution in [0.25, 0.3) is 6.08 Å². The van der Waals surface area contributed by atoms with Crippen LogP contribution >= 0.6 is 24.0 Å². The van der Waals surface area contributed by atoms with Crippen LogP contribution in [0.5, 0.6) is 0 Å². The highest BCUT2D eigenvalue weighted by atomic mass is 32.2. The summed E-state index contributed by atoms with van der Waals surface area (Å²) in [6.07, 6.45) is 2.70. The lowest BCUT2D eigenvalue weighted by Gasteiger charge is -2.12. The van der Waals surface area contributed by atoms with Crippen LogP contribution in [0.4, 0.5) is 0 Å². The molecule has 1 N–H and O–H groups in total. The van der Waals surface area contributed by atoms with E-state index in [-0.39, 0.29) is 18.9 Å². The quantitative estimate of drug-likeness (QED) is 0.658. The van der Waals surface area contributed by atoms with Crippen LogP contribution in [0.1, 0.15) is 37.2 Å². The molecule has 0 radical (unpaired) electrons. The van der Waals surface area contributed by atoms with E-state index in [0.29, 0.717) is 26.8 Å². The Hall–Kier alpha value is -1.60. The number of carbonyl (C=O) groups excluding carboxylic acids is 1. The first-order chi connectivity index (χ1) is 10.5. The van der Waals surface area contributed by atoms with E-state index in [1.54, 1.807) is 6.08 Å². The van der Waals surface area contributed by atoms with Crippen molar-refractivity contribution >= 4 is 46.3 Å². The van der Waals surface area contributed by atoms with Crippen LogP contribution in [-0.4, -0.2) is 32.7 Å².